The minimum atomic E-state index is -0.580. The van der Waals surface area contributed by atoms with Gasteiger partial charge < -0.3 is 9.47 Å². The molecule has 0 atom stereocenters. The Kier molecular flexibility index (Phi) is 7.11. The highest BCUT2D eigenvalue weighted by molar-refractivity contribution is 6.10. The van der Waals surface area contributed by atoms with E-state index in [1.807, 2.05) is 0 Å². The van der Waals surface area contributed by atoms with E-state index in [0.717, 1.165) is 17.1 Å². The first-order chi connectivity index (χ1) is 27.3. The molecule has 0 saturated carbocycles. The molecule has 2 nitrogen and oxygen atoms in total. The predicted octanol–water partition coefficient (Wildman–Crippen LogP) is 13.8. The summed E-state index contributed by atoms with van der Waals surface area (Å²) in [6.07, 6.45) is 0. The number of fused-ring (bicyclic) bond motifs is 7. The van der Waals surface area contributed by atoms with Gasteiger partial charge in [0.2, 0.25) is 0 Å². The summed E-state index contributed by atoms with van der Waals surface area (Å²) in [4.78, 5) is 2.41. The van der Waals surface area contributed by atoms with Crippen LogP contribution >= 0.6 is 0 Å². The van der Waals surface area contributed by atoms with Crippen LogP contribution in [0.5, 0.6) is 0 Å². The topological polar surface area (TPSA) is 8.17 Å². The molecule has 1 aromatic heterocycles. The number of hydrogen-bond acceptors (Lipinski definition) is 1. The quantitative estimate of drug-likeness (QED) is 0.168. The van der Waals surface area contributed by atoms with Gasteiger partial charge in [0.1, 0.15) is 0 Å². The molecule has 0 spiro atoms. The van der Waals surface area contributed by atoms with Crippen molar-refractivity contribution < 1.29 is 0 Å². The number of aromatic nitrogens is 1. The lowest BCUT2D eigenvalue weighted by Crippen LogP contribution is -2.28. The van der Waals surface area contributed by atoms with Crippen molar-refractivity contribution in [1.29, 1.82) is 0 Å². The van der Waals surface area contributed by atoms with Crippen molar-refractivity contribution in [2.75, 3.05) is 4.90 Å². The van der Waals surface area contributed by atoms with E-state index in [1.165, 1.54) is 71.6 Å². The Morgan fingerprint density at radius 1 is 0.364 bits per heavy atom. The van der Waals surface area contributed by atoms with Crippen LogP contribution in [0.15, 0.2) is 218 Å². The predicted molar refractivity (Wildman–Crippen MR) is 230 cm³/mol. The van der Waals surface area contributed by atoms with Gasteiger partial charge in [-0.25, -0.2) is 0 Å². The van der Waals surface area contributed by atoms with Crippen molar-refractivity contribution in [2.45, 2.75) is 5.41 Å². The van der Waals surface area contributed by atoms with E-state index in [2.05, 4.69) is 228 Å². The molecule has 2 heteroatoms. The SMILES string of the molecule is c1ccc(N(c2ccc3c(c2)C(c2ccccc2)(c2ccccc2)c2cccc(-n4c5ccccc5c5ccccc54)c2-3)c2ccc3ccccc3c2)cc1. The van der Waals surface area contributed by atoms with Gasteiger partial charge >= 0.3 is 0 Å². The molecule has 0 bridgehead atoms. The van der Waals surface area contributed by atoms with Crippen molar-refractivity contribution >= 4 is 49.6 Å². The largest absolute Gasteiger partial charge is 0.310 e. The summed E-state index contributed by atoms with van der Waals surface area (Å²) in [6, 6.07) is 80.1. The average Bonchev–Trinajstić information content (AvgIpc) is 3.75. The van der Waals surface area contributed by atoms with Gasteiger partial charge in [0.25, 0.3) is 0 Å². The first kappa shape index (κ1) is 31.4. The third kappa shape index (κ3) is 4.68. The molecule has 0 radical (unpaired) electrons. The Labute approximate surface area is 320 Å². The number of benzene rings is 9. The minimum absolute atomic E-state index is 0.580. The maximum Gasteiger partial charge on any atom is 0.0715 e. The first-order valence-corrected chi connectivity index (χ1v) is 19.0. The van der Waals surface area contributed by atoms with Crippen molar-refractivity contribution in [3.63, 3.8) is 0 Å². The lowest BCUT2D eigenvalue weighted by Gasteiger charge is -2.35. The zero-order chi connectivity index (χ0) is 36.3. The summed E-state index contributed by atoms with van der Waals surface area (Å²) in [7, 11) is 0. The van der Waals surface area contributed by atoms with Crippen LogP contribution < -0.4 is 4.90 Å². The van der Waals surface area contributed by atoms with Crippen molar-refractivity contribution in [1.82, 2.24) is 4.57 Å². The average molecular weight is 701 g/mol. The van der Waals surface area contributed by atoms with Crippen molar-refractivity contribution in [3.8, 4) is 16.8 Å². The number of nitrogens with zero attached hydrogens (tertiary/aromatic N) is 2. The van der Waals surface area contributed by atoms with E-state index in [-0.39, 0.29) is 0 Å². The molecular formula is C53H36N2. The molecule has 9 aromatic carbocycles. The van der Waals surface area contributed by atoms with Gasteiger partial charge in [0, 0.05) is 33.4 Å². The molecule has 1 aliphatic carbocycles. The lowest BCUT2D eigenvalue weighted by atomic mass is 9.67. The summed E-state index contributed by atoms with van der Waals surface area (Å²) in [6.45, 7) is 0. The molecule has 11 rings (SSSR count). The van der Waals surface area contributed by atoms with Crippen LogP contribution in [0.25, 0.3) is 49.4 Å². The van der Waals surface area contributed by atoms with Gasteiger partial charge in [0.15, 0.2) is 0 Å². The van der Waals surface area contributed by atoms with Crippen LogP contribution in [0.3, 0.4) is 0 Å². The Hall–Kier alpha value is -7.16. The second-order valence-corrected chi connectivity index (χ2v) is 14.5. The lowest BCUT2D eigenvalue weighted by molar-refractivity contribution is 0.768. The van der Waals surface area contributed by atoms with Crippen LogP contribution in [0.2, 0.25) is 0 Å². The molecule has 0 saturated heterocycles. The van der Waals surface area contributed by atoms with Gasteiger partial charge in [-0.2, -0.15) is 0 Å². The molecule has 10 aromatic rings. The van der Waals surface area contributed by atoms with Crippen LogP contribution in [0, 0.1) is 0 Å². The molecule has 258 valence electrons. The van der Waals surface area contributed by atoms with Crippen LogP contribution in [0.1, 0.15) is 22.3 Å². The second-order valence-electron chi connectivity index (χ2n) is 14.5. The molecule has 0 aliphatic heterocycles. The summed E-state index contributed by atoms with van der Waals surface area (Å²) in [5.41, 5.74) is 13.9. The zero-order valence-corrected chi connectivity index (χ0v) is 30.2. The fraction of sp³-hybridized carbons (Fsp3) is 0.0189. The first-order valence-electron chi connectivity index (χ1n) is 19.0. The van der Waals surface area contributed by atoms with Gasteiger partial charge in [0.05, 0.1) is 22.1 Å². The zero-order valence-electron chi connectivity index (χ0n) is 30.2. The fourth-order valence-corrected chi connectivity index (χ4v) is 9.35. The van der Waals surface area contributed by atoms with Crippen LogP contribution in [0.4, 0.5) is 17.1 Å². The molecule has 55 heavy (non-hydrogen) atoms. The Bertz CT molecular complexity index is 2940. The summed E-state index contributed by atoms with van der Waals surface area (Å²) in [5.74, 6) is 0. The van der Waals surface area contributed by atoms with Gasteiger partial charge in [-0.15, -0.1) is 0 Å². The maximum atomic E-state index is 2.48. The summed E-state index contributed by atoms with van der Waals surface area (Å²) >= 11 is 0. The normalized spacial score (nSPS) is 12.9. The number of hydrogen-bond donors (Lipinski definition) is 0. The Morgan fingerprint density at radius 2 is 0.909 bits per heavy atom. The van der Waals surface area contributed by atoms with E-state index < -0.39 is 5.41 Å². The van der Waals surface area contributed by atoms with Crippen LogP contribution in [-0.2, 0) is 5.41 Å². The van der Waals surface area contributed by atoms with E-state index in [1.54, 1.807) is 0 Å². The third-order valence-electron chi connectivity index (χ3n) is 11.6. The van der Waals surface area contributed by atoms with Gasteiger partial charge in [-0.3, -0.25) is 0 Å². The molecule has 1 aliphatic rings. The standard InChI is InChI=1S/C53H36N2/c1-4-19-39(20-5-1)53(40-21-6-2-7-22-40)47-27-16-30-51(55-49-28-14-12-25-44(49)45-26-13-15-29-50(45)55)52(47)46-34-33-43(36-48(46)53)54(41-23-8-3-9-24-41)42-32-31-37-17-10-11-18-38(37)35-42/h1-36H. The molecular weight excluding hydrogens is 665 g/mol. The minimum Gasteiger partial charge on any atom is -0.310 e. The Balaban J connectivity index is 1.25. The number of para-hydroxylation sites is 3. The molecule has 1 heterocycles. The number of rotatable bonds is 6. The third-order valence-corrected chi connectivity index (χ3v) is 11.6. The van der Waals surface area contributed by atoms with Crippen molar-refractivity contribution in [2.24, 2.45) is 0 Å². The summed E-state index contributed by atoms with van der Waals surface area (Å²) in [5, 5.41) is 4.97. The van der Waals surface area contributed by atoms with Gasteiger partial charge in [-0.05, 0) is 93.2 Å². The molecule has 0 unspecified atom stereocenters. The van der Waals surface area contributed by atoms with E-state index in [9.17, 15) is 0 Å². The monoisotopic (exact) mass is 700 g/mol. The second kappa shape index (κ2) is 12.5. The maximum absolute atomic E-state index is 2.48. The highest BCUT2D eigenvalue weighted by Crippen LogP contribution is 2.59. The van der Waals surface area contributed by atoms with E-state index >= 15 is 0 Å². The fourth-order valence-electron chi connectivity index (χ4n) is 9.35. The highest BCUT2D eigenvalue weighted by atomic mass is 15.1. The molecule has 0 amide bonds. The Morgan fingerprint density at radius 3 is 1.58 bits per heavy atom. The molecule has 0 N–H and O–H groups in total. The van der Waals surface area contributed by atoms with Gasteiger partial charge in [-0.1, -0.05) is 164 Å². The van der Waals surface area contributed by atoms with E-state index in [4.69, 9.17) is 0 Å². The van der Waals surface area contributed by atoms with E-state index in [0.29, 0.717) is 0 Å². The van der Waals surface area contributed by atoms with Crippen molar-refractivity contribution in [3.05, 3.63) is 241 Å². The smallest absolute Gasteiger partial charge is 0.0715 e. The van der Waals surface area contributed by atoms with Crippen LogP contribution in [-0.4, -0.2) is 4.57 Å². The number of anilines is 3. The highest BCUT2D eigenvalue weighted by Gasteiger charge is 2.47. The molecule has 0 fully saturated rings. The summed E-state index contributed by atoms with van der Waals surface area (Å²) < 4.78 is 2.48.